The monoisotopic (exact) mass is 403 g/mol. The summed E-state index contributed by atoms with van der Waals surface area (Å²) < 4.78 is 56.3. The van der Waals surface area contributed by atoms with Gasteiger partial charge in [-0.1, -0.05) is 18.2 Å². The molecule has 1 aliphatic heterocycles. The van der Waals surface area contributed by atoms with Gasteiger partial charge in [0.05, 0.1) is 0 Å². The van der Waals surface area contributed by atoms with Crippen LogP contribution in [0.15, 0.2) is 47.4 Å². The summed E-state index contributed by atoms with van der Waals surface area (Å²) in [5, 5.41) is 8.70. The van der Waals surface area contributed by atoms with Crippen molar-refractivity contribution in [2.24, 2.45) is 0 Å². The molecule has 12 heteroatoms. The van der Waals surface area contributed by atoms with E-state index in [1.165, 1.54) is 24.4 Å². The Labute approximate surface area is 152 Å². The van der Waals surface area contributed by atoms with Gasteiger partial charge in [0.2, 0.25) is 0 Å². The van der Waals surface area contributed by atoms with E-state index in [1.807, 2.05) is 0 Å². The Hall–Kier alpha value is -2.33. The number of anilines is 1. The van der Waals surface area contributed by atoms with Crippen LogP contribution in [0.25, 0.3) is 0 Å². The molecule has 27 heavy (non-hydrogen) atoms. The Morgan fingerprint density at radius 1 is 1.41 bits per heavy atom. The Morgan fingerprint density at radius 3 is 2.81 bits per heavy atom. The number of benzene rings is 1. The molecule has 1 aromatic heterocycles. The summed E-state index contributed by atoms with van der Waals surface area (Å²) in [6.07, 6.45) is -2.72. The molecule has 2 N–H and O–H groups in total. The van der Waals surface area contributed by atoms with E-state index in [9.17, 15) is 18.1 Å². The highest BCUT2D eigenvalue weighted by Crippen LogP contribution is 2.41. The summed E-state index contributed by atoms with van der Waals surface area (Å²) in [6, 6.07) is 9.29. The quantitative estimate of drug-likeness (QED) is 0.536. The molecule has 146 valence electrons. The topological polar surface area (TPSA) is 112 Å². The third kappa shape index (κ3) is 4.51. The fourth-order valence-corrected chi connectivity index (χ4v) is 3.16. The lowest BCUT2D eigenvalue weighted by Crippen LogP contribution is -2.37. The van der Waals surface area contributed by atoms with E-state index in [0.29, 0.717) is 0 Å². The van der Waals surface area contributed by atoms with Gasteiger partial charge in [-0.25, -0.2) is 18.1 Å². The molecule has 1 fully saturated rings. The predicted octanol–water partition coefficient (Wildman–Crippen LogP) is 2.45. The van der Waals surface area contributed by atoms with E-state index in [2.05, 4.69) is 4.98 Å². The number of nitrogens with one attached hydrogen (secondary N) is 1. The molecular formula is C15H16F2N3O6P. The van der Waals surface area contributed by atoms with Crippen molar-refractivity contribution in [3.63, 3.8) is 0 Å². The summed E-state index contributed by atoms with van der Waals surface area (Å²) in [4.78, 5) is 15.3. The predicted molar refractivity (Wildman–Crippen MR) is 89.4 cm³/mol. The first-order valence-electron chi connectivity index (χ1n) is 7.81. The molecule has 0 amide bonds. The normalized spacial score (nSPS) is 25.9. The molecule has 2 heterocycles. The smallest absolute Gasteiger partial charge is 0.368 e. The molecule has 0 bridgehead atoms. The van der Waals surface area contributed by atoms with E-state index < -0.39 is 45.2 Å². The van der Waals surface area contributed by atoms with Crippen LogP contribution in [0.4, 0.5) is 14.6 Å². The van der Waals surface area contributed by atoms with E-state index in [4.69, 9.17) is 19.0 Å². The molecule has 2 aromatic rings. The first kappa shape index (κ1) is 19.4. The average Bonchev–Trinajstić information content (AvgIpc) is 2.95. The first-order chi connectivity index (χ1) is 12.9. The fourth-order valence-electron chi connectivity index (χ4n) is 2.46. The molecule has 3 rings (SSSR count). The van der Waals surface area contributed by atoms with Gasteiger partial charge in [-0.3, -0.25) is 19.8 Å². The second kappa shape index (κ2) is 8.13. The van der Waals surface area contributed by atoms with Crippen LogP contribution in [0.1, 0.15) is 12.6 Å². The third-order valence-electron chi connectivity index (χ3n) is 3.79. The highest BCUT2D eigenvalue weighted by atomic mass is 31.1. The van der Waals surface area contributed by atoms with Crippen molar-refractivity contribution in [2.45, 2.75) is 24.7 Å². The number of hydrogen-bond acceptors (Lipinski definition) is 8. The highest BCUT2D eigenvalue weighted by molar-refractivity contribution is 7.33. The zero-order valence-electron chi connectivity index (χ0n) is 13.7. The molecule has 0 saturated carbocycles. The Morgan fingerprint density at radius 2 is 2.15 bits per heavy atom. The van der Waals surface area contributed by atoms with Crippen LogP contribution in [0, 0.1) is 0 Å². The minimum Gasteiger partial charge on any atom is -0.426 e. The lowest BCUT2D eigenvalue weighted by molar-refractivity contribution is -0.191. The summed E-state index contributed by atoms with van der Waals surface area (Å²) in [5.74, 6) is -2.78. The van der Waals surface area contributed by atoms with E-state index >= 15 is 0 Å². The molecule has 1 saturated heterocycles. The molecule has 9 nitrogen and oxygen atoms in total. The van der Waals surface area contributed by atoms with E-state index in [1.54, 1.807) is 23.7 Å². The molecular weight excluding hydrogens is 387 g/mol. The van der Waals surface area contributed by atoms with Gasteiger partial charge in [-0.2, -0.15) is 4.98 Å². The summed E-state index contributed by atoms with van der Waals surface area (Å²) in [7, 11) is -3.14. The Balaban J connectivity index is 1.62. The van der Waals surface area contributed by atoms with E-state index in [0.717, 1.165) is 4.57 Å². The number of para-hydroxylation sites is 1. The van der Waals surface area contributed by atoms with Crippen LogP contribution in [0.2, 0.25) is 0 Å². The van der Waals surface area contributed by atoms with Gasteiger partial charge in [0, 0.05) is 12.6 Å². The van der Waals surface area contributed by atoms with Crippen molar-refractivity contribution in [3.8, 4) is 5.75 Å². The zero-order valence-corrected chi connectivity index (χ0v) is 14.7. The molecule has 1 unspecified atom stereocenters. The van der Waals surface area contributed by atoms with Crippen LogP contribution in [0.3, 0.4) is 0 Å². The summed E-state index contributed by atoms with van der Waals surface area (Å²) in [6.45, 7) is -0.978. The number of hydrogen-bond donors (Lipinski definition) is 2. The highest BCUT2D eigenvalue weighted by Gasteiger charge is 2.52. The Kier molecular flexibility index (Phi) is 5.85. The number of halogens is 2. The van der Waals surface area contributed by atoms with E-state index in [-0.39, 0.29) is 11.6 Å². The van der Waals surface area contributed by atoms with Crippen molar-refractivity contribution in [1.82, 2.24) is 9.55 Å². The van der Waals surface area contributed by atoms with Crippen LogP contribution >= 0.6 is 8.25 Å². The van der Waals surface area contributed by atoms with Gasteiger partial charge in [-0.05, 0) is 18.2 Å². The maximum atomic E-state index is 14.7. The zero-order chi connectivity index (χ0) is 19.4. The maximum Gasteiger partial charge on any atom is 0.368 e. The van der Waals surface area contributed by atoms with Gasteiger partial charge >= 0.3 is 13.9 Å². The molecule has 0 aliphatic carbocycles. The van der Waals surface area contributed by atoms with Crippen molar-refractivity contribution in [3.05, 3.63) is 53.1 Å². The standard InChI is InChI=1S/C15H16F2N3O6P/c16-11-8-13(20-7-6-12(19-22)18-14(20)21)25-15(11,17)9-24-27(23)26-10-4-2-1-3-5-10/h1-7,11,13,22,27H,8-9H2,(H,18,19,21)/t11-,13+,15+/m0/s1. The number of ether oxygens (including phenoxy) is 1. The first-order valence-corrected chi connectivity index (χ1v) is 9.03. The number of aromatic nitrogens is 2. The van der Waals surface area contributed by atoms with Crippen LogP contribution in [0.5, 0.6) is 5.75 Å². The van der Waals surface area contributed by atoms with Crippen molar-refractivity contribution < 1.29 is 32.3 Å². The van der Waals surface area contributed by atoms with Gasteiger partial charge in [0.25, 0.3) is 5.85 Å². The summed E-state index contributed by atoms with van der Waals surface area (Å²) >= 11 is 0. The van der Waals surface area contributed by atoms with Gasteiger partial charge in [-0.15, -0.1) is 0 Å². The lowest BCUT2D eigenvalue weighted by atomic mass is 10.2. The average molecular weight is 403 g/mol. The largest absolute Gasteiger partial charge is 0.426 e. The van der Waals surface area contributed by atoms with Crippen molar-refractivity contribution in [2.75, 3.05) is 12.1 Å². The van der Waals surface area contributed by atoms with Crippen LogP contribution in [-0.2, 0) is 13.8 Å². The van der Waals surface area contributed by atoms with Gasteiger partial charge < -0.3 is 9.26 Å². The molecule has 1 aromatic carbocycles. The second-order valence-corrected chi connectivity index (χ2v) is 6.62. The van der Waals surface area contributed by atoms with Crippen molar-refractivity contribution in [1.29, 1.82) is 0 Å². The SMILES string of the molecule is O=c1nc(NO)ccn1[C@H]1C[C@H](F)[C@@](F)(CO[PH](=O)Oc2ccccc2)O1. The molecule has 4 atom stereocenters. The van der Waals surface area contributed by atoms with Gasteiger partial charge in [0.1, 0.15) is 18.6 Å². The van der Waals surface area contributed by atoms with Gasteiger partial charge in [0.15, 0.2) is 12.0 Å². The van der Waals surface area contributed by atoms with Crippen molar-refractivity contribution >= 4 is 14.1 Å². The fraction of sp³-hybridized carbons (Fsp3) is 0.333. The molecule has 0 radical (unpaired) electrons. The lowest BCUT2D eigenvalue weighted by Gasteiger charge is -2.22. The Bertz CT molecular complexity index is 870. The minimum atomic E-state index is -3.14. The second-order valence-electron chi connectivity index (χ2n) is 5.63. The van der Waals surface area contributed by atoms with Crippen LogP contribution < -0.4 is 15.7 Å². The number of rotatable bonds is 7. The third-order valence-corrected chi connectivity index (χ3v) is 4.58. The van der Waals surface area contributed by atoms with Crippen LogP contribution in [-0.4, -0.2) is 33.4 Å². The summed E-state index contributed by atoms with van der Waals surface area (Å²) in [5.41, 5.74) is 0.807. The molecule has 1 aliphatic rings. The number of nitrogens with zero attached hydrogens (tertiary/aromatic N) is 2. The maximum absolute atomic E-state index is 14.7. The minimum absolute atomic E-state index is 0.127. The number of alkyl halides is 2. The molecule has 0 spiro atoms.